The van der Waals surface area contributed by atoms with Crippen molar-refractivity contribution in [3.8, 4) is 0 Å². The zero-order valence-electron chi connectivity index (χ0n) is 16.1. The summed E-state index contributed by atoms with van der Waals surface area (Å²) in [6, 6.07) is 14.9. The Balaban J connectivity index is 0.00000300. The molecule has 0 aromatic heterocycles. The largest absolute Gasteiger partial charge is 0.370 e. The number of benzene rings is 2. The summed E-state index contributed by atoms with van der Waals surface area (Å²) < 4.78 is 37.5. The SMILES string of the molecule is I.NC(=NCCCS(=O)(=O)c1ccccc1)N1CCN(c2ccc(F)cc2)CC1. The monoisotopic (exact) mass is 532 g/mol. The van der Waals surface area contributed by atoms with Crippen LogP contribution in [0.1, 0.15) is 6.42 Å². The Hall–Kier alpha value is -1.88. The van der Waals surface area contributed by atoms with Gasteiger partial charge in [-0.25, -0.2) is 12.8 Å². The van der Waals surface area contributed by atoms with E-state index in [1.165, 1.54) is 12.1 Å². The first-order chi connectivity index (χ1) is 13.5. The van der Waals surface area contributed by atoms with E-state index in [4.69, 9.17) is 5.73 Å². The number of piperazine rings is 1. The van der Waals surface area contributed by atoms with Crippen LogP contribution < -0.4 is 10.6 Å². The summed E-state index contributed by atoms with van der Waals surface area (Å²) in [4.78, 5) is 8.85. The van der Waals surface area contributed by atoms with Crippen LogP contribution in [0.15, 0.2) is 64.5 Å². The Morgan fingerprint density at radius 1 is 1.00 bits per heavy atom. The van der Waals surface area contributed by atoms with Gasteiger partial charge >= 0.3 is 0 Å². The first-order valence-corrected chi connectivity index (χ1v) is 10.9. The van der Waals surface area contributed by atoms with Crippen molar-refractivity contribution in [2.75, 3.05) is 43.4 Å². The number of sulfone groups is 1. The maximum atomic E-state index is 13.0. The Kier molecular flexibility index (Phi) is 8.69. The first-order valence-electron chi connectivity index (χ1n) is 9.29. The fourth-order valence-electron chi connectivity index (χ4n) is 3.14. The molecule has 158 valence electrons. The van der Waals surface area contributed by atoms with Crippen LogP contribution in [0.4, 0.5) is 10.1 Å². The molecule has 0 saturated carbocycles. The maximum absolute atomic E-state index is 13.0. The van der Waals surface area contributed by atoms with Gasteiger partial charge in [0.25, 0.3) is 0 Å². The number of hydrogen-bond acceptors (Lipinski definition) is 4. The summed E-state index contributed by atoms with van der Waals surface area (Å²) in [6.07, 6.45) is 0.424. The third-order valence-electron chi connectivity index (χ3n) is 4.74. The highest BCUT2D eigenvalue weighted by Gasteiger charge is 2.19. The van der Waals surface area contributed by atoms with Crippen LogP contribution in [0.3, 0.4) is 0 Å². The van der Waals surface area contributed by atoms with Gasteiger partial charge in [0, 0.05) is 38.4 Å². The van der Waals surface area contributed by atoms with Crippen LogP contribution in [-0.4, -0.2) is 57.8 Å². The molecule has 3 rings (SSSR count). The Bertz CT molecular complexity index is 900. The van der Waals surface area contributed by atoms with Gasteiger partial charge in [-0.1, -0.05) is 18.2 Å². The zero-order valence-corrected chi connectivity index (χ0v) is 19.2. The van der Waals surface area contributed by atoms with E-state index >= 15 is 0 Å². The highest BCUT2D eigenvalue weighted by atomic mass is 127. The predicted molar refractivity (Wildman–Crippen MR) is 125 cm³/mol. The molecule has 1 aliphatic heterocycles. The second-order valence-corrected chi connectivity index (χ2v) is 8.79. The second-order valence-electron chi connectivity index (χ2n) is 6.68. The van der Waals surface area contributed by atoms with Gasteiger partial charge in [0.1, 0.15) is 5.82 Å². The van der Waals surface area contributed by atoms with E-state index in [2.05, 4.69) is 9.89 Å². The van der Waals surface area contributed by atoms with Gasteiger partial charge in [0.05, 0.1) is 10.6 Å². The third kappa shape index (κ3) is 6.56. The number of nitrogens with zero attached hydrogens (tertiary/aromatic N) is 3. The molecule has 0 unspecified atom stereocenters. The van der Waals surface area contributed by atoms with Crippen LogP contribution in [0.2, 0.25) is 0 Å². The maximum Gasteiger partial charge on any atom is 0.191 e. The molecular formula is C20H26FIN4O2S. The number of halogens is 2. The van der Waals surface area contributed by atoms with Gasteiger partial charge in [0.2, 0.25) is 0 Å². The number of guanidine groups is 1. The summed E-state index contributed by atoms with van der Waals surface area (Å²) in [6.45, 7) is 3.34. The number of aliphatic imine (C=N–C) groups is 1. The van der Waals surface area contributed by atoms with Crippen LogP contribution in [0.25, 0.3) is 0 Å². The van der Waals surface area contributed by atoms with Crippen molar-refractivity contribution in [2.24, 2.45) is 10.7 Å². The summed E-state index contributed by atoms with van der Waals surface area (Å²) in [5, 5.41) is 0. The molecule has 2 N–H and O–H groups in total. The molecule has 2 aromatic carbocycles. The molecule has 1 heterocycles. The molecule has 29 heavy (non-hydrogen) atoms. The lowest BCUT2D eigenvalue weighted by Crippen LogP contribution is -2.51. The predicted octanol–water partition coefficient (Wildman–Crippen LogP) is 2.74. The molecule has 0 bridgehead atoms. The van der Waals surface area contributed by atoms with Crippen molar-refractivity contribution in [3.63, 3.8) is 0 Å². The molecule has 0 atom stereocenters. The highest BCUT2D eigenvalue weighted by molar-refractivity contribution is 14.0. The average Bonchev–Trinajstić information content (AvgIpc) is 2.72. The minimum absolute atomic E-state index is 0. The first kappa shape index (κ1) is 23.4. The van der Waals surface area contributed by atoms with Crippen molar-refractivity contribution in [2.45, 2.75) is 11.3 Å². The molecule has 1 fully saturated rings. The van der Waals surface area contributed by atoms with E-state index in [1.807, 2.05) is 4.90 Å². The van der Waals surface area contributed by atoms with Gasteiger partial charge in [0.15, 0.2) is 15.8 Å². The second kappa shape index (κ2) is 10.8. The molecule has 1 saturated heterocycles. The fourth-order valence-corrected chi connectivity index (χ4v) is 4.46. The molecule has 0 amide bonds. The molecule has 9 heteroatoms. The topological polar surface area (TPSA) is 79.0 Å². The third-order valence-corrected chi connectivity index (χ3v) is 6.56. The normalized spacial score (nSPS) is 15.1. The molecule has 2 aromatic rings. The zero-order chi connectivity index (χ0) is 20.0. The Morgan fingerprint density at radius 3 is 2.24 bits per heavy atom. The van der Waals surface area contributed by atoms with Gasteiger partial charge in [-0.2, -0.15) is 0 Å². The molecule has 0 spiro atoms. The smallest absolute Gasteiger partial charge is 0.191 e. The minimum Gasteiger partial charge on any atom is -0.370 e. The van der Waals surface area contributed by atoms with E-state index in [9.17, 15) is 12.8 Å². The average molecular weight is 532 g/mol. The Labute approximate surface area is 188 Å². The van der Waals surface area contributed by atoms with Crippen molar-refractivity contribution in [1.29, 1.82) is 0 Å². The van der Waals surface area contributed by atoms with Crippen LogP contribution >= 0.6 is 24.0 Å². The van der Waals surface area contributed by atoms with E-state index in [1.54, 1.807) is 42.5 Å². The highest BCUT2D eigenvalue weighted by Crippen LogP contribution is 2.17. The lowest BCUT2D eigenvalue weighted by Gasteiger charge is -2.36. The van der Waals surface area contributed by atoms with Crippen molar-refractivity contribution >= 4 is 45.5 Å². The number of nitrogens with two attached hydrogens (primary N) is 1. The standard InChI is InChI=1S/C20H25FN4O2S.HI/c21-17-7-9-18(10-8-17)24-12-14-25(15-13-24)20(22)23-11-4-16-28(26,27)19-5-2-1-3-6-19;/h1-3,5-10H,4,11-16H2,(H2,22,23);1H. The van der Waals surface area contributed by atoms with Crippen molar-refractivity contribution in [3.05, 3.63) is 60.4 Å². The number of rotatable bonds is 6. The lowest BCUT2D eigenvalue weighted by atomic mass is 10.2. The summed E-state index contributed by atoms with van der Waals surface area (Å²) in [5.74, 6) is 0.246. The quantitative estimate of drug-likeness (QED) is 0.268. The van der Waals surface area contributed by atoms with E-state index in [-0.39, 0.29) is 35.5 Å². The molecular weight excluding hydrogens is 506 g/mol. The van der Waals surface area contributed by atoms with E-state index < -0.39 is 9.84 Å². The van der Waals surface area contributed by atoms with Crippen LogP contribution in [0, 0.1) is 5.82 Å². The summed E-state index contributed by atoms with van der Waals surface area (Å²) in [7, 11) is -3.28. The fraction of sp³-hybridized carbons (Fsp3) is 0.350. The summed E-state index contributed by atoms with van der Waals surface area (Å²) in [5.41, 5.74) is 7.06. The van der Waals surface area contributed by atoms with Gasteiger partial charge in [-0.15, -0.1) is 24.0 Å². The van der Waals surface area contributed by atoms with Crippen molar-refractivity contribution < 1.29 is 12.8 Å². The van der Waals surface area contributed by atoms with Crippen LogP contribution in [0.5, 0.6) is 0 Å². The molecule has 0 radical (unpaired) electrons. The number of hydrogen-bond donors (Lipinski definition) is 1. The van der Waals surface area contributed by atoms with Gasteiger partial charge in [-0.3, -0.25) is 4.99 Å². The molecule has 0 aliphatic carbocycles. The van der Waals surface area contributed by atoms with Crippen LogP contribution in [-0.2, 0) is 9.84 Å². The van der Waals surface area contributed by atoms with E-state index in [0.717, 1.165) is 31.9 Å². The van der Waals surface area contributed by atoms with Crippen molar-refractivity contribution in [1.82, 2.24) is 4.90 Å². The lowest BCUT2D eigenvalue weighted by molar-refractivity contribution is 0.380. The minimum atomic E-state index is -3.28. The molecule has 6 nitrogen and oxygen atoms in total. The number of anilines is 1. The summed E-state index contributed by atoms with van der Waals surface area (Å²) >= 11 is 0. The van der Waals surface area contributed by atoms with E-state index in [0.29, 0.717) is 23.8 Å². The van der Waals surface area contributed by atoms with Gasteiger partial charge in [-0.05, 0) is 42.8 Å². The Morgan fingerprint density at radius 2 is 1.62 bits per heavy atom. The molecule has 1 aliphatic rings. The van der Waals surface area contributed by atoms with Gasteiger partial charge < -0.3 is 15.5 Å².